The van der Waals surface area contributed by atoms with Crippen molar-refractivity contribution in [3.8, 4) is 0 Å². The normalized spacial score (nSPS) is 23.6. The van der Waals surface area contributed by atoms with E-state index in [9.17, 15) is 8.42 Å². The standard InChI is InChI=1S/C11H15BrN2O2S/c1-8-7-17(15,16)5-4-14(8)11-3-2-9(12)6-10(11)13/h2-3,6,8H,4-5,7,13H2,1H3. The zero-order chi connectivity index (χ0) is 12.6. The summed E-state index contributed by atoms with van der Waals surface area (Å²) in [5.74, 6) is 0.398. The van der Waals surface area contributed by atoms with Gasteiger partial charge in [0, 0.05) is 17.1 Å². The first-order valence-corrected chi connectivity index (χ1v) is 8.02. The van der Waals surface area contributed by atoms with Crippen LogP contribution in [-0.2, 0) is 9.84 Å². The third kappa shape index (κ3) is 2.74. The van der Waals surface area contributed by atoms with E-state index in [2.05, 4.69) is 20.8 Å². The van der Waals surface area contributed by atoms with Crippen molar-refractivity contribution in [2.24, 2.45) is 0 Å². The van der Waals surface area contributed by atoms with Gasteiger partial charge in [-0.1, -0.05) is 15.9 Å². The number of sulfone groups is 1. The van der Waals surface area contributed by atoms with E-state index >= 15 is 0 Å². The molecule has 1 aromatic rings. The van der Waals surface area contributed by atoms with Gasteiger partial charge in [0.25, 0.3) is 0 Å². The number of rotatable bonds is 1. The van der Waals surface area contributed by atoms with Crippen molar-refractivity contribution in [1.82, 2.24) is 0 Å². The highest BCUT2D eigenvalue weighted by molar-refractivity contribution is 9.10. The maximum absolute atomic E-state index is 11.5. The Morgan fingerprint density at radius 1 is 1.47 bits per heavy atom. The highest BCUT2D eigenvalue weighted by atomic mass is 79.9. The zero-order valence-corrected chi connectivity index (χ0v) is 12.0. The maximum atomic E-state index is 11.5. The zero-order valence-electron chi connectivity index (χ0n) is 9.56. The van der Waals surface area contributed by atoms with E-state index in [4.69, 9.17) is 5.73 Å². The quantitative estimate of drug-likeness (QED) is 0.800. The van der Waals surface area contributed by atoms with Crippen molar-refractivity contribution in [3.05, 3.63) is 22.7 Å². The molecule has 4 nitrogen and oxygen atoms in total. The SMILES string of the molecule is CC1CS(=O)(=O)CCN1c1ccc(Br)cc1N. The van der Waals surface area contributed by atoms with Crippen molar-refractivity contribution >= 4 is 37.1 Å². The number of benzene rings is 1. The molecule has 1 atom stereocenters. The fraction of sp³-hybridized carbons (Fsp3) is 0.455. The molecule has 0 aliphatic carbocycles. The van der Waals surface area contributed by atoms with Gasteiger partial charge in [0.05, 0.1) is 22.9 Å². The van der Waals surface area contributed by atoms with Gasteiger partial charge < -0.3 is 10.6 Å². The Hall–Kier alpha value is -0.750. The van der Waals surface area contributed by atoms with Crippen LogP contribution in [0.2, 0.25) is 0 Å². The fourth-order valence-electron chi connectivity index (χ4n) is 2.14. The third-order valence-electron chi connectivity index (χ3n) is 2.97. The second kappa shape index (κ2) is 4.49. The number of nitrogens with two attached hydrogens (primary N) is 1. The second-order valence-corrected chi connectivity index (χ2v) is 7.50. The van der Waals surface area contributed by atoms with Crippen LogP contribution >= 0.6 is 15.9 Å². The minimum absolute atomic E-state index is 0.0303. The summed E-state index contributed by atoms with van der Waals surface area (Å²) in [6.07, 6.45) is 0. The summed E-state index contributed by atoms with van der Waals surface area (Å²) >= 11 is 3.36. The van der Waals surface area contributed by atoms with Crippen LogP contribution in [0.4, 0.5) is 11.4 Å². The molecule has 2 N–H and O–H groups in total. The van der Waals surface area contributed by atoms with Gasteiger partial charge in [0.15, 0.2) is 9.84 Å². The summed E-state index contributed by atoms with van der Waals surface area (Å²) in [7, 11) is -2.89. The second-order valence-electron chi connectivity index (χ2n) is 4.36. The highest BCUT2D eigenvalue weighted by Gasteiger charge is 2.28. The molecule has 1 aromatic carbocycles. The van der Waals surface area contributed by atoms with Crippen LogP contribution in [0.15, 0.2) is 22.7 Å². The molecule has 0 spiro atoms. The molecular formula is C11H15BrN2O2S. The van der Waals surface area contributed by atoms with Gasteiger partial charge in [-0.25, -0.2) is 8.42 Å². The van der Waals surface area contributed by atoms with E-state index in [1.165, 1.54) is 0 Å². The molecule has 0 saturated carbocycles. The fourth-order valence-corrected chi connectivity index (χ4v) is 4.08. The molecule has 0 bridgehead atoms. The molecule has 17 heavy (non-hydrogen) atoms. The predicted octanol–water partition coefficient (Wildman–Crippen LogP) is 1.65. The lowest BCUT2D eigenvalue weighted by molar-refractivity contribution is 0.568. The third-order valence-corrected chi connectivity index (χ3v) is 5.26. The first-order chi connectivity index (χ1) is 7.89. The van der Waals surface area contributed by atoms with Gasteiger partial charge in [-0.15, -0.1) is 0 Å². The Balaban J connectivity index is 2.29. The van der Waals surface area contributed by atoms with E-state index in [1.807, 2.05) is 25.1 Å². The molecule has 1 unspecified atom stereocenters. The molecule has 0 radical (unpaired) electrons. The number of anilines is 2. The molecule has 0 amide bonds. The van der Waals surface area contributed by atoms with Gasteiger partial charge in [-0.05, 0) is 25.1 Å². The molecule has 1 fully saturated rings. The molecule has 6 heteroatoms. The van der Waals surface area contributed by atoms with Gasteiger partial charge >= 0.3 is 0 Å². The average Bonchev–Trinajstić information content (AvgIpc) is 2.18. The lowest BCUT2D eigenvalue weighted by Crippen LogP contribution is -2.47. The number of halogens is 1. The number of nitrogen functional groups attached to an aromatic ring is 1. The van der Waals surface area contributed by atoms with E-state index < -0.39 is 9.84 Å². The van der Waals surface area contributed by atoms with Crippen LogP contribution in [0, 0.1) is 0 Å². The lowest BCUT2D eigenvalue weighted by atomic mass is 10.2. The molecule has 2 rings (SSSR count). The summed E-state index contributed by atoms with van der Waals surface area (Å²) in [5.41, 5.74) is 7.55. The van der Waals surface area contributed by atoms with Crippen LogP contribution in [0.5, 0.6) is 0 Å². The van der Waals surface area contributed by atoms with Crippen LogP contribution in [-0.4, -0.2) is 32.5 Å². The topological polar surface area (TPSA) is 63.4 Å². The smallest absolute Gasteiger partial charge is 0.154 e. The molecule has 1 aliphatic heterocycles. The van der Waals surface area contributed by atoms with Crippen molar-refractivity contribution in [3.63, 3.8) is 0 Å². The Morgan fingerprint density at radius 2 is 2.18 bits per heavy atom. The van der Waals surface area contributed by atoms with Crippen molar-refractivity contribution in [2.45, 2.75) is 13.0 Å². The molecular weight excluding hydrogens is 304 g/mol. The average molecular weight is 319 g/mol. The van der Waals surface area contributed by atoms with Crippen LogP contribution in [0.3, 0.4) is 0 Å². The van der Waals surface area contributed by atoms with Crippen molar-refractivity contribution < 1.29 is 8.42 Å². The minimum atomic E-state index is -2.89. The Labute approximate surface area is 110 Å². The number of hydrogen-bond donors (Lipinski definition) is 1. The Kier molecular flexibility index (Phi) is 3.36. The number of hydrogen-bond acceptors (Lipinski definition) is 4. The summed E-state index contributed by atoms with van der Waals surface area (Å²) in [5, 5.41) is 0. The van der Waals surface area contributed by atoms with Crippen molar-refractivity contribution in [1.29, 1.82) is 0 Å². The molecule has 1 saturated heterocycles. The maximum Gasteiger partial charge on any atom is 0.154 e. The Morgan fingerprint density at radius 3 is 2.76 bits per heavy atom. The summed E-state index contributed by atoms with van der Waals surface area (Å²) in [4.78, 5) is 2.06. The molecule has 1 heterocycles. The monoisotopic (exact) mass is 318 g/mol. The first kappa shape index (κ1) is 12.7. The highest BCUT2D eigenvalue weighted by Crippen LogP contribution is 2.29. The van der Waals surface area contributed by atoms with Gasteiger partial charge in [0.1, 0.15) is 0 Å². The molecule has 0 aromatic heterocycles. The molecule has 94 valence electrons. The number of nitrogens with zero attached hydrogens (tertiary/aromatic N) is 1. The van der Waals surface area contributed by atoms with E-state index in [1.54, 1.807) is 0 Å². The van der Waals surface area contributed by atoms with E-state index in [0.717, 1.165) is 10.2 Å². The lowest BCUT2D eigenvalue weighted by Gasteiger charge is -2.35. The molecule has 1 aliphatic rings. The van der Waals surface area contributed by atoms with Crippen LogP contribution in [0.25, 0.3) is 0 Å². The van der Waals surface area contributed by atoms with Crippen LogP contribution < -0.4 is 10.6 Å². The van der Waals surface area contributed by atoms with Crippen LogP contribution in [0.1, 0.15) is 6.92 Å². The first-order valence-electron chi connectivity index (χ1n) is 5.41. The minimum Gasteiger partial charge on any atom is -0.397 e. The van der Waals surface area contributed by atoms with Gasteiger partial charge in [-0.3, -0.25) is 0 Å². The summed E-state index contributed by atoms with van der Waals surface area (Å²) in [6.45, 7) is 2.42. The predicted molar refractivity (Wildman–Crippen MR) is 74.0 cm³/mol. The summed E-state index contributed by atoms with van der Waals surface area (Å²) in [6, 6.07) is 5.65. The largest absolute Gasteiger partial charge is 0.397 e. The van der Waals surface area contributed by atoms with Gasteiger partial charge in [0.2, 0.25) is 0 Å². The summed E-state index contributed by atoms with van der Waals surface area (Å²) < 4.78 is 23.9. The van der Waals surface area contributed by atoms with Crippen molar-refractivity contribution in [2.75, 3.05) is 28.7 Å². The Bertz CT molecular complexity index is 530. The van der Waals surface area contributed by atoms with E-state index in [-0.39, 0.29) is 17.5 Å². The van der Waals surface area contributed by atoms with E-state index in [0.29, 0.717) is 12.2 Å². The van der Waals surface area contributed by atoms with Gasteiger partial charge in [-0.2, -0.15) is 0 Å².